The van der Waals surface area contributed by atoms with Gasteiger partial charge in [0.25, 0.3) is 5.82 Å². The molecule has 0 bridgehead atoms. The molecule has 0 unspecified atom stereocenters. The summed E-state index contributed by atoms with van der Waals surface area (Å²) in [6.45, 7) is 3.83. The lowest BCUT2D eigenvalue weighted by Crippen LogP contribution is -2.36. The van der Waals surface area contributed by atoms with Crippen molar-refractivity contribution in [1.29, 1.82) is 0 Å². The molecule has 5 nitrogen and oxygen atoms in total. The quantitative estimate of drug-likeness (QED) is 0.620. The van der Waals surface area contributed by atoms with E-state index in [0.717, 1.165) is 4.68 Å². The number of carbonyl (C=O) groups is 1. The fourth-order valence-electron chi connectivity index (χ4n) is 3.72. The van der Waals surface area contributed by atoms with Crippen LogP contribution in [0.1, 0.15) is 44.1 Å². The highest BCUT2D eigenvalue weighted by Gasteiger charge is 2.44. The normalized spacial score (nSPS) is 21.2. The van der Waals surface area contributed by atoms with Gasteiger partial charge in [0.1, 0.15) is 11.9 Å². The molecule has 1 aliphatic heterocycles. The molecule has 0 fully saturated rings. The van der Waals surface area contributed by atoms with Crippen LogP contribution < -0.4 is 5.32 Å². The number of anilines is 1. The number of benzene rings is 1. The zero-order valence-corrected chi connectivity index (χ0v) is 16.4. The summed E-state index contributed by atoms with van der Waals surface area (Å²) in [4.78, 5) is 16.5. The van der Waals surface area contributed by atoms with Gasteiger partial charge in [-0.25, -0.2) is 9.07 Å². The van der Waals surface area contributed by atoms with E-state index in [4.69, 9.17) is 0 Å². The van der Waals surface area contributed by atoms with Crippen molar-refractivity contribution in [1.82, 2.24) is 14.8 Å². The van der Waals surface area contributed by atoms with Crippen LogP contribution in [0.3, 0.4) is 0 Å². The molecule has 0 spiro atoms. The lowest BCUT2D eigenvalue weighted by atomic mass is 9.73. The average Bonchev–Trinajstić information content (AvgIpc) is 2.98. The van der Waals surface area contributed by atoms with E-state index in [9.17, 15) is 22.4 Å². The number of alkyl halides is 3. The number of ketones is 1. The van der Waals surface area contributed by atoms with Gasteiger partial charge in [0.15, 0.2) is 5.78 Å². The Bertz CT molecular complexity index is 1030. The Balaban J connectivity index is 1.93. The molecule has 2 aromatic rings. The van der Waals surface area contributed by atoms with E-state index in [0.29, 0.717) is 23.3 Å². The van der Waals surface area contributed by atoms with Crippen molar-refractivity contribution in [2.24, 2.45) is 5.41 Å². The molecule has 2 aliphatic rings. The minimum absolute atomic E-state index is 0.0953. The monoisotopic (exact) mass is 458 g/mol. The molecule has 4 rings (SSSR count). The average molecular weight is 459 g/mol. The summed E-state index contributed by atoms with van der Waals surface area (Å²) < 4.78 is 54.5. The number of rotatable bonds is 1. The Morgan fingerprint density at radius 2 is 2.00 bits per heavy atom. The fourth-order valence-corrected chi connectivity index (χ4v) is 4.12. The van der Waals surface area contributed by atoms with Crippen molar-refractivity contribution >= 4 is 27.7 Å². The number of Topliss-reactive ketones (excluding diaryl/α,β-unsaturated/α-hetero) is 1. The van der Waals surface area contributed by atoms with Gasteiger partial charge in [-0.3, -0.25) is 4.79 Å². The molecule has 1 aromatic carbocycles. The first-order valence-electron chi connectivity index (χ1n) is 8.48. The third-order valence-corrected chi connectivity index (χ3v) is 5.45. The highest BCUT2D eigenvalue weighted by atomic mass is 79.9. The van der Waals surface area contributed by atoms with E-state index >= 15 is 0 Å². The molecule has 0 amide bonds. The summed E-state index contributed by atoms with van der Waals surface area (Å²) in [5.41, 5.74) is 0.964. The second kappa shape index (κ2) is 6.13. The van der Waals surface area contributed by atoms with Crippen LogP contribution in [0.5, 0.6) is 0 Å². The van der Waals surface area contributed by atoms with Crippen molar-refractivity contribution in [3.8, 4) is 0 Å². The molecule has 0 saturated carbocycles. The molecule has 0 saturated heterocycles. The highest BCUT2D eigenvalue weighted by molar-refractivity contribution is 9.10. The third-order valence-electron chi connectivity index (χ3n) is 4.84. The van der Waals surface area contributed by atoms with Crippen molar-refractivity contribution in [3.63, 3.8) is 0 Å². The van der Waals surface area contributed by atoms with Crippen molar-refractivity contribution in [3.05, 3.63) is 51.1 Å². The number of allylic oxidation sites excluding steroid dienone is 2. The first-order chi connectivity index (χ1) is 13.0. The maximum Gasteiger partial charge on any atom is 0.453 e. The lowest BCUT2D eigenvalue weighted by molar-refractivity contribution is -0.145. The Labute approximate surface area is 166 Å². The predicted molar refractivity (Wildman–Crippen MR) is 95.9 cm³/mol. The van der Waals surface area contributed by atoms with Gasteiger partial charge in [-0.05, 0) is 45.5 Å². The Hall–Kier alpha value is -2.23. The number of hydrogen-bond donors (Lipinski definition) is 1. The van der Waals surface area contributed by atoms with Crippen LogP contribution in [0.25, 0.3) is 0 Å². The van der Waals surface area contributed by atoms with Gasteiger partial charge in [-0.15, -0.1) is 5.10 Å². The van der Waals surface area contributed by atoms with Gasteiger partial charge >= 0.3 is 6.18 Å². The lowest BCUT2D eigenvalue weighted by Gasteiger charge is -2.38. The van der Waals surface area contributed by atoms with E-state index in [1.807, 2.05) is 13.8 Å². The molecule has 1 aliphatic carbocycles. The third kappa shape index (κ3) is 3.13. The molecule has 1 atom stereocenters. The number of aromatic nitrogens is 3. The number of nitrogens with zero attached hydrogens (tertiary/aromatic N) is 3. The number of nitrogens with one attached hydrogen (secondary N) is 1. The summed E-state index contributed by atoms with van der Waals surface area (Å²) in [5.74, 6) is -2.09. The van der Waals surface area contributed by atoms with Crippen molar-refractivity contribution in [2.45, 2.75) is 38.9 Å². The summed E-state index contributed by atoms with van der Waals surface area (Å²) in [5, 5.41) is 6.48. The predicted octanol–water partition coefficient (Wildman–Crippen LogP) is 4.86. The van der Waals surface area contributed by atoms with Gasteiger partial charge in [0, 0.05) is 17.7 Å². The standard InChI is InChI=1S/C18H15BrF4N4O/c1-17(2)6-11-13(12(28)7-17)14(8-3-4-10(20)9(19)5-8)27-16(24-11)25-15(26-27)18(21,22)23/h3-5,14H,6-7H2,1-2H3,(H,24,25,26)/t14-/m1/s1. The second-order valence-electron chi connectivity index (χ2n) is 7.74. The summed E-state index contributed by atoms with van der Waals surface area (Å²) in [7, 11) is 0. The Morgan fingerprint density at radius 3 is 2.64 bits per heavy atom. The largest absolute Gasteiger partial charge is 0.453 e. The number of fused-ring (bicyclic) bond motifs is 1. The van der Waals surface area contributed by atoms with Crippen molar-refractivity contribution in [2.75, 3.05) is 5.32 Å². The topological polar surface area (TPSA) is 59.8 Å². The van der Waals surface area contributed by atoms with Gasteiger partial charge in [0.05, 0.1) is 4.47 Å². The van der Waals surface area contributed by atoms with Crippen LogP contribution in [-0.4, -0.2) is 20.5 Å². The number of halogens is 5. The molecule has 10 heteroatoms. The van der Waals surface area contributed by atoms with E-state index in [2.05, 4.69) is 31.3 Å². The molecule has 1 N–H and O–H groups in total. The van der Waals surface area contributed by atoms with Gasteiger partial charge in [0.2, 0.25) is 5.95 Å². The number of hydrogen-bond acceptors (Lipinski definition) is 4. The zero-order chi connectivity index (χ0) is 20.4. The zero-order valence-electron chi connectivity index (χ0n) is 14.9. The van der Waals surface area contributed by atoms with Gasteiger partial charge in [-0.1, -0.05) is 19.9 Å². The van der Waals surface area contributed by atoms with Crippen LogP contribution >= 0.6 is 15.9 Å². The molecule has 0 radical (unpaired) electrons. The second-order valence-corrected chi connectivity index (χ2v) is 8.59. The SMILES string of the molecule is CC1(C)CC(=O)C2=C(C1)Nc1nc(C(F)(F)F)nn1[C@@H]2c1ccc(F)c(Br)c1. The van der Waals surface area contributed by atoms with Gasteiger partial charge < -0.3 is 5.32 Å². The smallest absolute Gasteiger partial charge is 0.328 e. The first kappa shape index (κ1) is 19.1. The maximum atomic E-state index is 13.7. The van der Waals surface area contributed by atoms with Crippen LogP contribution in [0.2, 0.25) is 0 Å². The number of carbonyl (C=O) groups excluding carboxylic acids is 1. The first-order valence-corrected chi connectivity index (χ1v) is 9.27. The fraction of sp³-hybridized carbons (Fsp3) is 0.389. The molecule has 1 aromatic heterocycles. The van der Waals surface area contributed by atoms with E-state index < -0.39 is 23.9 Å². The van der Waals surface area contributed by atoms with Crippen LogP contribution in [-0.2, 0) is 11.0 Å². The highest BCUT2D eigenvalue weighted by Crippen LogP contribution is 2.46. The van der Waals surface area contributed by atoms with E-state index in [-0.39, 0.29) is 28.0 Å². The van der Waals surface area contributed by atoms with Crippen LogP contribution in [0.4, 0.5) is 23.5 Å². The van der Waals surface area contributed by atoms with E-state index in [1.54, 1.807) is 0 Å². The van der Waals surface area contributed by atoms with Crippen LogP contribution in [0.15, 0.2) is 33.9 Å². The molecular formula is C18H15BrF4N4O. The summed E-state index contributed by atoms with van der Waals surface area (Å²) in [6.07, 6.45) is -4.01. The molecule has 148 valence electrons. The molecule has 2 heterocycles. The molecule has 28 heavy (non-hydrogen) atoms. The van der Waals surface area contributed by atoms with Crippen molar-refractivity contribution < 1.29 is 22.4 Å². The minimum Gasteiger partial charge on any atom is -0.328 e. The Kier molecular flexibility index (Phi) is 4.18. The maximum absolute atomic E-state index is 13.7. The minimum atomic E-state index is -4.73. The van der Waals surface area contributed by atoms with Gasteiger partial charge in [-0.2, -0.15) is 18.2 Å². The van der Waals surface area contributed by atoms with E-state index in [1.165, 1.54) is 18.2 Å². The Morgan fingerprint density at radius 1 is 1.29 bits per heavy atom. The summed E-state index contributed by atoms with van der Waals surface area (Å²) >= 11 is 3.09. The van der Waals surface area contributed by atoms with Crippen LogP contribution in [0, 0.1) is 11.2 Å². The molecular weight excluding hydrogens is 444 g/mol. The summed E-state index contributed by atoms with van der Waals surface area (Å²) in [6, 6.07) is 3.16.